The van der Waals surface area contributed by atoms with E-state index in [2.05, 4.69) is 22.3 Å². The Labute approximate surface area is 93.8 Å². The molecule has 0 fully saturated rings. The van der Waals surface area contributed by atoms with Crippen molar-refractivity contribution in [3.8, 4) is 0 Å². The predicted molar refractivity (Wildman–Crippen MR) is 58.1 cm³/mol. The van der Waals surface area contributed by atoms with Gasteiger partial charge in [0, 0.05) is 5.92 Å². The molecule has 16 heavy (non-hydrogen) atoms. The molecule has 2 rings (SSSR count). The number of hydrogen-bond acceptors (Lipinski definition) is 3. The molecule has 0 unspecified atom stereocenters. The molecule has 1 aliphatic carbocycles. The lowest BCUT2D eigenvalue weighted by atomic mass is 10.0. The quantitative estimate of drug-likeness (QED) is 0.786. The van der Waals surface area contributed by atoms with Crippen molar-refractivity contribution in [3.63, 3.8) is 0 Å². The summed E-state index contributed by atoms with van der Waals surface area (Å²) in [5.74, 6) is 0.151. The van der Waals surface area contributed by atoms with Gasteiger partial charge in [0.25, 0.3) is 0 Å². The van der Waals surface area contributed by atoms with Crippen LogP contribution < -0.4 is 0 Å². The van der Waals surface area contributed by atoms with Crippen LogP contribution in [-0.2, 0) is 10.3 Å². The van der Waals surface area contributed by atoms with Crippen LogP contribution in [0.3, 0.4) is 0 Å². The Bertz CT molecular complexity index is 426. The van der Waals surface area contributed by atoms with Gasteiger partial charge in [0.15, 0.2) is 0 Å². The molecule has 5 nitrogen and oxygen atoms in total. The van der Waals surface area contributed by atoms with Crippen molar-refractivity contribution >= 4 is 5.97 Å². The molecule has 0 radical (unpaired) electrons. The maximum absolute atomic E-state index is 11.2. The van der Waals surface area contributed by atoms with Crippen LogP contribution in [-0.4, -0.2) is 25.8 Å². The second-order valence-corrected chi connectivity index (χ2v) is 4.56. The number of carboxylic acid groups (broad SMARTS) is 1. The summed E-state index contributed by atoms with van der Waals surface area (Å²) in [6.45, 7) is 3.31. The van der Waals surface area contributed by atoms with Crippen molar-refractivity contribution in [3.05, 3.63) is 24.3 Å². The first-order valence-corrected chi connectivity index (χ1v) is 5.32. The molecule has 0 aromatic carbocycles. The number of nitrogens with zero attached hydrogens (tertiary/aromatic N) is 3. The molecule has 5 heteroatoms. The average molecular weight is 221 g/mol. The van der Waals surface area contributed by atoms with E-state index in [1.54, 1.807) is 18.4 Å². The van der Waals surface area contributed by atoms with Gasteiger partial charge in [-0.2, -0.15) is 0 Å². The molecular weight excluding hydrogens is 206 g/mol. The van der Waals surface area contributed by atoms with E-state index < -0.39 is 11.5 Å². The van der Waals surface area contributed by atoms with Crippen LogP contribution in [0.4, 0.5) is 0 Å². The van der Waals surface area contributed by atoms with E-state index in [0.29, 0.717) is 0 Å². The molecule has 0 saturated heterocycles. The van der Waals surface area contributed by atoms with Crippen molar-refractivity contribution in [2.24, 2.45) is 0 Å². The lowest BCUT2D eigenvalue weighted by molar-refractivity contribution is -0.145. The second kappa shape index (κ2) is 3.73. The summed E-state index contributed by atoms with van der Waals surface area (Å²) in [5, 5.41) is 17.1. The molecule has 0 saturated carbocycles. The van der Waals surface area contributed by atoms with Crippen LogP contribution in [0, 0.1) is 0 Å². The Morgan fingerprint density at radius 1 is 1.50 bits per heavy atom. The normalized spacial score (nSPS) is 16.9. The third kappa shape index (κ3) is 1.62. The van der Waals surface area contributed by atoms with Gasteiger partial charge in [-0.3, -0.25) is 0 Å². The predicted octanol–water partition coefficient (Wildman–Crippen LogP) is 1.53. The summed E-state index contributed by atoms with van der Waals surface area (Å²) >= 11 is 0. The first-order chi connectivity index (χ1) is 7.53. The van der Waals surface area contributed by atoms with E-state index in [1.165, 1.54) is 6.33 Å². The van der Waals surface area contributed by atoms with Crippen LogP contribution in [0.1, 0.15) is 38.4 Å². The van der Waals surface area contributed by atoms with Crippen LogP contribution in [0.15, 0.2) is 18.5 Å². The molecule has 1 heterocycles. The highest BCUT2D eigenvalue weighted by atomic mass is 16.4. The summed E-state index contributed by atoms with van der Waals surface area (Å²) in [6.07, 6.45) is 7.51. The fourth-order valence-corrected chi connectivity index (χ4v) is 1.88. The van der Waals surface area contributed by atoms with Crippen molar-refractivity contribution in [2.75, 3.05) is 0 Å². The average Bonchev–Trinajstić information content (AvgIpc) is 2.88. The molecule has 0 amide bonds. The molecule has 0 bridgehead atoms. The van der Waals surface area contributed by atoms with E-state index in [0.717, 1.165) is 18.7 Å². The number of carbonyl (C=O) groups is 1. The fraction of sp³-hybridized carbons (Fsp3) is 0.545. The third-order valence-corrected chi connectivity index (χ3v) is 3.07. The standard InChI is InChI=1S/C11H15N3O2/c1-11(2,10(15)16)14-7-12-13-9(14)8-5-3-4-6-8/h3-4,7-8H,5-6H2,1-2H3,(H,15,16). The van der Waals surface area contributed by atoms with Gasteiger partial charge in [-0.25, -0.2) is 4.79 Å². The molecule has 1 aliphatic rings. The maximum atomic E-state index is 11.2. The Morgan fingerprint density at radius 3 is 2.69 bits per heavy atom. The van der Waals surface area contributed by atoms with Crippen LogP contribution >= 0.6 is 0 Å². The number of allylic oxidation sites excluding steroid dienone is 2. The minimum absolute atomic E-state index is 0.265. The lowest BCUT2D eigenvalue weighted by Gasteiger charge is -2.24. The van der Waals surface area contributed by atoms with Gasteiger partial charge in [0.2, 0.25) is 0 Å². The Kier molecular flexibility index (Phi) is 2.53. The van der Waals surface area contributed by atoms with Crippen LogP contribution in [0.25, 0.3) is 0 Å². The van der Waals surface area contributed by atoms with E-state index in [4.69, 9.17) is 0 Å². The smallest absolute Gasteiger partial charge is 0.329 e. The summed E-state index contributed by atoms with van der Waals surface area (Å²) in [4.78, 5) is 11.2. The molecule has 0 atom stereocenters. The number of aliphatic carboxylic acids is 1. The summed E-state index contributed by atoms with van der Waals surface area (Å²) < 4.78 is 1.66. The van der Waals surface area contributed by atoms with E-state index in [1.807, 2.05) is 0 Å². The van der Waals surface area contributed by atoms with Crippen molar-refractivity contribution in [1.82, 2.24) is 14.8 Å². The van der Waals surface area contributed by atoms with Gasteiger partial charge in [0.1, 0.15) is 17.7 Å². The number of aromatic nitrogens is 3. The zero-order valence-corrected chi connectivity index (χ0v) is 9.42. The zero-order valence-electron chi connectivity index (χ0n) is 9.42. The Morgan fingerprint density at radius 2 is 2.12 bits per heavy atom. The molecular formula is C11H15N3O2. The fourth-order valence-electron chi connectivity index (χ4n) is 1.88. The molecule has 1 aromatic rings. The van der Waals surface area contributed by atoms with Crippen molar-refractivity contribution < 1.29 is 9.90 Å². The highest BCUT2D eigenvalue weighted by Gasteiger charge is 2.33. The van der Waals surface area contributed by atoms with Crippen molar-refractivity contribution in [2.45, 2.75) is 38.1 Å². The summed E-state index contributed by atoms with van der Waals surface area (Å²) in [7, 11) is 0. The summed E-state index contributed by atoms with van der Waals surface area (Å²) in [6, 6.07) is 0. The van der Waals surface area contributed by atoms with Gasteiger partial charge in [-0.1, -0.05) is 12.2 Å². The van der Waals surface area contributed by atoms with Crippen LogP contribution in [0.2, 0.25) is 0 Å². The third-order valence-electron chi connectivity index (χ3n) is 3.07. The minimum Gasteiger partial charge on any atom is -0.480 e. The van der Waals surface area contributed by atoms with Gasteiger partial charge < -0.3 is 9.67 Å². The topological polar surface area (TPSA) is 68.0 Å². The minimum atomic E-state index is -0.999. The highest BCUT2D eigenvalue weighted by Crippen LogP contribution is 2.30. The molecule has 1 aromatic heterocycles. The SMILES string of the molecule is CC(C)(C(=O)O)n1cnnc1C1CC=CC1. The van der Waals surface area contributed by atoms with E-state index in [-0.39, 0.29) is 5.92 Å². The molecule has 86 valence electrons. The van der Waals surface area contributed by atoms with Gasteiger partial charge >= 0.3 is 5.97 Å². The van der Waals surface area contributed by atoms with Gasteiger partial charge in [-0.05, 0) is 26.7 Å². The largest absolute Gasteiger partial charge is 0.480 e. The Hall–Kier alpha value is -1.65. The molecule has 0 aliphatic heterocycles. The molecule has 0 spiro atoms. The highest BCUT2D eigenvalue weighted by molar-refractivity contribution is 5.75. The maximum Gasteiger partial charge on any atom is 0.329 e. The van der Waals surface area contributed by atoms with E-state index >= 15 is 0 Å². The van der Waals surface area contributed by atoms with Gasteiger partial charge in [-0.15, -0.1) is 10.2 Å². The second-order valence-electron chi connectivity index (χ2n) is 4.56. The monoisotopic (exact) mass is 221 g/mol. The number of carboxylic acids is 1. The van der Waals surface area contributed by atoms with E-state index in [9.17, 15) is 9.90 Å². The van der Waals surface area contributed by atoms with Crippen molar-refractivity contribution in [1.29, 1.82) is 0 Å². The summed E-state index contributed by atoms with van der Waals surface area (Å²) in [5.41, 5.74) is -0.999. The first-order valence-electron chi connectivity index (χ1n) is 5.32. The number of rotatable bonds is 3. The lowest BCUT2D eigenvalue weighted by Crippen LogP contribution is -2.36. The zero-order chi connectivity index (χ0) is 11.8. The Balaban J connectivity index is 2.35. The van der Waals surface area contributed by atoms with Crippen LogP contribution in [0.5, 0.6) is 0 Å². The first kappa shape index (κ1) is 10.9. The molecule has 1 N–H and O–H groups in total. The number of hydrogen-bond donors (Lipinski definition) is 1. The van der Waals surface area contributed by atoms with Gasteiger partial charge in [0.05, 0.1) is 0 Å².